The Labute approximate surface area is 531 Å². The van der Waals surface area contributed by atoms with Gasteiger partial charge in [0, 0.05) is 19.3 Å². The third-order valence-electron chi connectivity index (χ3n) is 16.0. The van der Waals surface area contributed by atoms with Crippen LogP contribution in [-0.4, -0.2) is 89.2 Å². The lowest BCUT2D eigenvalue weighted by Crippen LogP contribution is -2.61. The largest absolute Gasteiger partial charge is 0.479 e. The smallest absolute Gasteiger partial charge is 0.335 e. The van der Waals surface area contributed by atoms with Crippen LogP contribution < -0.4 is 0 Å². The summed E-state index contributed by atoms with van der Waals surface area (Å²) in [6.07, 6.45) is 69.8. The second kappa shape index (κ2) is 62.1. The van der Waals surface area contributed by atoms with Gasteiger partial charge in [-0.05, 0) is 83.5 Å². The van der Waals surface area contributed by atoms with Gasteiger partial charge in [0.2, 0.25) is 0 Å². The molecule has 6 atom stereocenters. The molecule has 0 amide bonds. The fourth-order valence-electron chi connectivity index (χ4n) is 10.6. The molecule has 0 bridgehead atoms. The molecule has 12 heteroatoms. The molecule has 0 aliphatic carbocycles. The van der Waals surface area contributed by atoms with Gasteiger partial charge in [-0.2, -0.15) is 0 Å². The first-order chi connectivity index (χ1) is 42.6. The van der Waals surface area contributed by atoms with E-state index in [0.717, 1.165) is 96.3 Å². The lowest BCUT2D eigenvalue weighted by Gasteiger charge is -2.40. The first-order valence-electron chi connectivity index (χ1n) is 35.6. The number of carboxylic acid groups (broad SMARTS) is 1. The van der Waals surface area contributed by atoms with Crippen LogP contribution in [0.1, 0.15) is 316 Å². The molecule has 6 unspecified atom stereocenters. The number of hydrogen-bond acceptors (Lipinski definition) is 11. The van der Waals surface area contributed by atoms with Crippen LogP contribution in [0.15, 0.2) is 85.1 Å². The van der Waals surface area contributed by atoms with Crippen LogP contribution in [0.4, 0.5) is 0 Å². The van der Waals surface area contributed by atoms with Crippen LogP contribution >= 0.6 is 0 Å². The highest BCUT2D eigenvalue weighted by atomic mass is 16.7. The predicted molar refractivity (Wildman–Crippen MR) is 358 cm³/mol. The summed E-state index contributed by atoms with van der Waals surface area (Å²) in [5.74, 6) is -3.21. The Hall–Kier alpha value is -4.10. The van der Waals surface area contributed by atoms with E-state index < -0.39 is 67.3 Å². The van der Waals surface area contributed by atoms with Crippen LogP contribution in [0.5, 0.6) is 0 Å². The van der Waals surface area contributed by atoms with Crippen molar-refractivity contribution < 1.29 is 58.2 Å². The minimum Gasteiger partial charge on any atom is -0.479 e. The Morgan fingerprint density at radius 2 is 0.747 bits per heavy atom. The molecule has 87 heavy (non-hydrogen) atoms. The molecule has 3 N–H and O–H groups in total. The number of carbonyl (C=O) groups excluding carboxylic acids is 3. The second-order valence-electron chi connectivity index (χ2n) is 24.1. The van der Waals surface area contributed by atoms with Gasteiger partial charge >= 0.3 is 23.9 Å². The van der Waals surface area contributed by atoms with Gasteiger partial charge in [-0.15, -0.1) is 0 Å². The summed E-state index contributed by atoms with van der Waals surface area (Å²) in [5.41, 5.74) is 0. The molecular weight excluding hydrogens is 1090 g/mol. The summed E-state index contributed by atoms with van der Waals surface area (Å²) in [6, 6.07) is 0. The van der Waals surface area contributed by atoms with Crippen LogP contribution in [0, 0.1) is 0 Å². The first-order valence-corrected chi connectivity index (χ1v) is 35.6. The van der Waals surface area contributed by atoms with Gasteiger partial charge in [0.1, 0.15) is 18.8 Å². The van der Waals surface area contributed by atoms with E-state index in [0.29, 0.717) is 19.3 Å². The van der Waals surface area contributed by atoms with Crippen molar-refractivity contribution in [1.29, 1.82) is 0 Å². The standard InChI is InChI=1S/C75H128O12/c1-4-7-10-13-16-19-22-25-28-31-34-37-40-43-46-49-52-55-58-61-67(76)83-64-66(85-68(77)62-59-56-53-50-47-44-41-38-35-32-29-26-23-20-17-14-11-8-5-2)65-84-75-73(71(80)70(79)72(87-75)74(81)82)86-69(78)63-60-57-54-51-48-45-42-39-36-33-30-27-24-21-18-15-12-9-6-3/h7,10,16,19,25-26,28-29,34,37,43,46,52,55,66,70-73,75,79-80H,4-6,8-9,11-15,17-18,20-24,27,30-33,35-36,38-42,44-45,47-51,53-54,56-65H2,1-3H3,(H,81,82)/b10-7-,19-16-,28-25-,29-26-,37-34-,46-43-,55-52-. The zero-order chi connectivity index (χ0) is 63.1. The lowest BCUT2D eigenvalue weighted by molar-refractivity contribution is -0.301. The maximum Gasteiger partial charge on any atom is 0.335 e. The van der Waals surface area contributed by atoms with Gasteiger partial charge in [0.05, 0.1) is 6.61 Å². The molecule has 0 spiro atoms. The van der Waals surface area contributed by atoms with Gasteiger partial charge in [0.15, 0.2) is 24.6 Å². The van der Waals surface area contributed by atoms with Crippen LogP contribution in [0.2, 0.25) is 0 Å². The third-order valence-corrected chi connectivity index (χ3v) is 16.0. The molecule has 1 rings (SSSR count). The van der Waals surface area contributed by atoms with Crippen LogP contribution in [0.3, 0.4) is 0 Å². The molecule has 0 aromatic carbocycles. The topological polar surface area (TPSA) is 175 Å². The molecule has 500 valence electrons. The minimum absolute atomic E-state index is 0.0551. The second-order valence-corrected chi connectivity index (χ2v) is 24.1. The number of esters is 3. The monoisotopic (exact) mass is 1220 g/mol. The Morgan fingerprint density at radius 3 is 1.15 bits per heavy atom. The molecule has 1 saturated heterocycles. The summed E-state index contributed by atoms with van der Waals surface area (Å²) in [4.78, 5) is 51.5. The number of hydrogen-bond donors (Lipinski definition) is 3. The highest BCUT2D eigenvalue weighted by molar-refractivity contribution is 5.74. The molecule has 1 aliphatic heterocycles. The Bertz CT molecular complexity index is 1830. The van der Waals surface area contributed by atoms with Gasteiger partial charge in [-0.1, -0.05) is 298 Å². The van der Waals surface area contributed by atoms with Crippen LogP contribution in [-0.2, 0) is 42.9 Å². The molecular formula is C75H128O12. The zero-order valence-corrected chi connectivity index (χ0v) is 55.5. The summed E-state index contributed by atoms with van der Waals surface area (Å²) >= 11 is 0. The van der Waals surface area contributed by atoms with Gasteiger partial charge in [0.25, 0.3) is 0 Å². The number of unbranched alkanes of at least 4 members (excludes halogenated alkanes) is 33. The number of carbonyl (C=O) groups is 4. The number of carboxylic acids is 1. The predicted octanol–water partition coefficient (Wildman–Crippen LogP) is 19.8. The van der Waals surface area contributed by atoms with Crippen molar-refractivity contribution in [3.63, 3.8) is 0 Å². The zero-order valence-electron chi connectivity index (χ0n) is 55.5. The van der Waals surface area contributed by atoms with E-state index in [1.165, 1.54) is 161 Å². The number of aliphatic carboxylic acids is 1. The molecule has 0 aromatic heterocycles. The van der Waals surface area contributed by atoms with Crippen LogP contribution in [0.25, 0.3) is 0 Å². The Morgan fingerprint density at radius 1 is 0.391 bits per heavy atom. The summed E-state index contributed by atoms with van der Waals surface area (Å²) in [7, 11) is 0. The molecule has 12 nitrogen and oxygen atoms in total. The van der Waals surface area contributed by atoms with Gasteiger partial charge < -0.3 is 39.0 Å². The summed E-state index contributed by atoms with van der Waals surface area (Å²) < 4.78 is 28.6. The Balaban J connectivity index is 2.67. The maximum atomic E-state index is 13.2. The number of ether oxygens (including phenoxy) is 5. The van der Waals surface area contributed by atoms with Crippen molar-refractivity contribution in [3.05, 3.63) is 85.1 Å². The van der Waals surface area contributed by atoms with Crippen molar-refractivity contribution in [3.8, 4) is 0 Å². The average Bonchev–Trinajstić information content (AvgIpc) is 2.56. The number of allylic oxidation sites excluding steroid dienone is 14. The molecule has 1 aliphatic rings. The normalized spacial score (nSPS) is 17.8. The fourth-order valence-corrected chi connectivity index (χ4v) is 10.6. The number of aliphatic hydroxyl groups excluding tert-OH is 2. The van der Waals surface area contributed by atoms with Gasteiger partial charge in [-0.3, -0.25) is 14.4 Å². The molecule has 0 saturated carbocycles. The quantitative estimate of drug-likeness (QED) is 0.0228. The SMILES string of the molecule is CC/C=C\C/C=C\C/C=C\C/C=C\C/C=C\C/C=C\CCC(=O)OCC(COC1OC(C(=O)O)C(O)C(O)C1OC(=O)CCCCCCCCCCCCCCCCCCCCC)OC(=O)CCCCCCCCCCC/C=C\CCCCCCCC. The van der Waals surface area contributed by atoms with Crippen molar-refractivity contribution in [1.82, 2.24) is 0 Å². The van der Waals surface area contributed by atoms with Gasteiger partial charge in [-0.25, -0.2) is 4.79 Å². The number of aliphatic hydroxyl groups is 2. The van der Waals surface area contributed by atoms with E-state index in [4.69, 9.17) is 23.7 Å². The minimum atomic E-state index is -1.91. The Kier molecular flexibility index (Phi) is 57.8. The first kappa shape index (κ1) is 80.9. The van der Waals surface area contributed by atoms with Crippen molar-refractivity contribution in [2.45, 2.75) is 353 Å². The lowest BCUT2D eigenvalue weighted by atomic mass is 9.98. The van der Waals surface area contributed by atoms with E-state index in [1.807, 2.05) is 12.2 Å². The molecule has 1 fully saturated rings. The van der Waals surface area contributed by atoms with E-state index >= 15 is 0 Å². The maximum absolute atomic E-state index is 13.2. The summed E-state index contributed by atoms with van der Waals surface area (Å²) in [6.45, 7) is 5.87. The molecule has 0 aromatic rings. The van der Waals surface area contributed by atoms with Crippen molar-refractivity contribution in [2.24, 2.45) is 0 Å². The fraction of sp³-hybridized carbons (Fsp3) is 0.760. The molecule has 0 radical (unpaired) electrons. The molecule has 1 heterocycles. The average molecular weight is 1220 g/mol. The number of rotatable bonds is 61. The van der Waals surface area contributed by atoms with E-state index in [-0.39, 0.29) is 25.9 Å². The highest BCUT2D eigenvalue weighted by Gasteiger charge is 2.50. The van der Waals surface area contributed by atoms with E-state index in [9.17, 15) is 34.5 Å². The van der Waals surface area contributed by atoms with E-state index in [1.54, 1.807) is 0 Å². The third kappa shape index (κ3) is 51.4. The van der Waals surface area contributed by atoms with Crippen molar-refractivity contribution >= 4 is 23.9 Å². The van der Waals surface area contributed by atoms with Crippen molar-refractivity contribution in [2.75, 3.05) is 13.2 Å². The highest BCUT2D eigenvalue weighted by Crippen LogP contribution is 2.27. The summed E-state index contributed by atoms with van der Waals surface area (Å²) in [5, 5.41) is 31.7. The van der Waals surface area contributed by atoms with E-state index in [2.05, 4.69) is 93.7 Å².